The van der Waals surface area contributed by atoms with E-state index in [2.05, 4.69) is 4.74 Å². The molecule has 162 valence electrons. The molecule has 2 atom stereocenters. The van der Waals surface area contributed by atoms with Gasteiger partial charge in [-0.3, -0.25) is 4.79 Å². The highest BCUT2D eigenvalue weighted by atomic mass is 35.5. The highest BCUT2D eigenvalue weighted by molar-refractivity contribution is 6.30. The highest BCUT2D eigenvalue weighted by Gasteiger charge is 2.64. The van der Waals surface area contributed by atoms with E-state index in [1.807, 2.05) is 0 Å². The molecular formula is C21H20ClF3O5. The van der Waals surface area contributed by atoms with E-state index in [0.717, 1.165) is 19.2 Å². The quantitative estimate of drug-likeness (QED) is 0.555. The minimum Gasteiger partial charge on any atom is -0.465 e. The van der Waals surface area contributed by atoms with Crippen molar-refractivity contribution in [2.24, 2.45) is 0 Å². The number of carbonyl (C=O) groups excluding carboxylic acids is 2. The molecule has 0 spiro atoms. The molecule has 0 unspecified atom stereocenters. The van der Waals surface area contributed by atoms with E-state index in [9.17, 15) is 22.8 Å². The highest BCUT2D eigenvalue weighted by Crippen LogP contribution is 2.43. The Bertz CT molecular complexity index is 855. The Labute approximate surface area is 176 Å². The number of hydrogen-bond acceptors (Lipinski definition) is 5. The van der Waals surface area contributed by atoms with Crippen molar-refractivity contribution in [3.63, 3.8) is 0 Å². The van der Waals surface area contributed by atoms with Gasteiger partial charge < -0.3 is 14.2 Å². The normalized spacial score (nSPS) is 14.5. The lowest BCUT2D eigenvalue weighted by atomic mass is 9.92. The lowest BCUT2D eigenvalue weighted by Gasteiger charge is -2.32. The maximum atomic E-state index is 14.0. The molecule has 0 aliphatic carbocycles. The first-order valence-corrected chi connectivity index (χ1v) is 9.31. The molecule has 5 nitrogen and oxygen atoms in total. The Morgan fingerprint density at radius 3 is 2.10 bits per heavy atom. The third-order valence-electron chi connectivity index (χ3n) is 4.40. The SMILES string of the molecule is CCOC(=O)[C@H](COC(=O)[C@](OC)(c1ccccc1)C(F)(F)F)c1ccc(Cl)cc1. The van der Waals surface area contributed by atoms with Gasteiger partial charge in [-0.1, -0.05) is 54.1 Å². The molecule has 9 heteroatoms. The Balaban J connectivity index is 2.35. The summed E-state index contributed by atoms with van der Waals surface area (Å²) in [5, 5.41) is 0.401. The number of methoxy groups -OCH3 is 1. The molecule has 0 amide bonds. The molecule has 0 fully saturated rings. The summed E-state index contributed by atoms with van der Waals surface area (Å²) in [5.41, 5.74) is -3.41. The third kappa shape index (κ3) is 4.94. The summed E-state index contributed by atoms with van der Waals surface area (Å²) in [6.07, 6.45) is -5.11. The van der Waals surface area contributed by atoms with Gasteiger partial charge in [0.05, 0.1) is 6.61 Å². The first-order valence-electron chi connectivity index (χ1n) is 8.94. The molecular weight excluding hydrogens is 425 g/mol. The third-order valence-corrected chi connectivity index (χ3v) is 4.65. The number of rotatable bonds is 8. The number of esters is 2. The molecule has 0 bridgehead atoms. The number of hydrogen-bond donors (Lipinski definition) is 0. The Hall–Kier alpha value is -2.58. The van der Waals surface area contributed by atoms with Crippen molar-refractivity contribution < 1.29 is 37.0 Å². The van der Waals surface area contributed by atoms with Gasteiger partial charge in [0.25, 0.3) is 5.60 Å². The summed E-state index contributed by atoms with van der Waals surface area (Å²) >= 11 is 5.84. The van der Waals surface area contributed by atoms with Gasteiger partial charge in [0.1, 0.15) is 12.5 Å². The van der Waals surface area contributed by atoms with E-state index in [1.54, 1.807) is 6.92 Å². The van der Waals surface area contributed by atoms with Gasteiger partial charge in [-0.25, -0.2) is 4.79 Å². The van der Waals surface area contributed by atoms with Gasteiger partial charge in [0.2, 0.25) is 0 Å². The minimum atomic E-state index is -5.11. The molecule has 0 aromatic heterocycles. The van der Waals surface area contributed by atoms with Gasteiger partial charge in [-0.2, -0.15) is 13.2 Å². The molecule has 0 aliphatic rings. The lowest BCUT2D eigenvalue weighted by molar-refractivity contribution is -0.276. The summed E-state index contributed by atoms with van der Waals surface area (Å²) in [7, 11) is 0.768. The number of alkyl halides is 3. The molecule has 2 aromatic rings. The fourth-order valence-corrected chi connectivity index (χ4v) is 3.01. The van der Waals surface area contributed by atoms with Crippen LogP contribution in [-0.4, -0.2) is 38.4 Å². The lowest BCUT2D eigenvalue weighted by Crippen LogP contribution is -2.52. The van der Waals surface area contributed by atoms with Crippen LogP contribution in [0.3, 0.4) is 0 Å². The summed E-state index contributed by atoms with van der Waals surface area (Å²) in [4.78, 5) is 25.0. The van der Waals surface area contributed by atoms with Gasteiger partial charge in [-0.15, -0.1) is 0 Å². The molecule has 0 heterocycles. The van der Waals surface area contributed by atoms with Crippen LogP contribution < -0.4 is 0 Å². The molecule has 0 saturated carbocycles. The number of ether oxygens (including phenoxy) is 3. The van der Waals surface area contributed by atoms with Gasteiger partial charge in [-0.05, 0) is 24.6 Å². The van der Waals surface area contributed by atoms with Crippen LogP contribution in [0.2, 0.25) is 5.02 Å². The number of carbonyl (C=O) groups is 2. The van der Waals surface area contributed by atoms with Crippen LogP contribution in [0.15, 0.2) is 54.6 Å². The minimum absolute atomic E-state index is 0.0471. The zero-order valence-corrected chi connectivity index (χ0v) is 17.0. The summed E-state index contributed by atoms with van der Waals surface area (Å²) in [6.45, 7) is 0.955. The monoisotopic (exact) mass is 444 g/mol. The summed E-state index contributed by atoms with van der Waals surface area (Å²) in [6, 6.07) is 12.4. The molecule has 0 saturated heterocycles. The van der Waals surface area contributed by atoms with E-state index in [0.29, 0.717) is 10.6 Å². The average Bonchev–Trinajstić information content (AvgIpc) is 2.70. The second-order valence-corrected chi connectivity index (χ2v) is 6.64. The van der Waals surface area contributed by atoms with E-state index in [4.69, 9.17) is 21.1 Å². The van der Waals surface area contributed by atoms with Crippen molar-refractivity contribution in [1.82, 2.24) is 0 Å². The maximum absolute atomic E-state index is 14.0. The molecule has 30 heavy (non-hydrogen) atoms. The summed E-state index contributed by atoms with van der Waals surface area (Å²) in [5.74, 6) is -3.57. The number of benzene rings is 2. The fraction of sp³-hybridized carbons (Fsp3) is 0.333. The first kappa shape index (κ1) is 23.7. The van der Waals surface area contributed by atoms with Gasteiger partial charge >= 0.3 is 18.1 Å². The topological polar surface area (TPSA) is 61.8 Å². The summed E-state index contributed by atoms with van der Waals surface area (Å²) < 4.78 is 56.5. The predicted octanol–water partition coefficient (Wildman–Crippen LogP) is 4.63. The smallest absolute Gasteiger partial charge is 0.432 e. The Kier molecular flexibility index (Phi) is 7.86. The Morgan fingerprint density at radius 1 is 1.00 bits per heavy atom. The van der Waals surface area contributed by atoms with Crippen molar-refractivity contribution in [3.05, 3.63) is 70.7 Å². The number of halogens is 4. The van der Waals surface area contributed by atoms with E-state index in [1.165, 1.54) is 42.5 Å². The zero-order chi connectivity index (χ0) is 22.4. The molecule has 2 rings (SSSR count). The zero-order valence-electron chi connectivity index (χ0n) is 16.2. The fourth-order valence-electron chi connectivity index (χ4n) is 2.89. The molecule has 0 aliphatic heterocycles. The molecule has 0 N–H and O–H groups in total. The Morgan fingerprint density at radius 2 is 1.60 bits per heavy atom. The van der Waals surface area contributed by atoms with Crippen molar-refractivity contribution in [2.75, 3.05) is 20.3 Å². The first-order chi connectivity index (χ1) is 14.2. The van der Waals surface area contributed by atoms with Crippen LogP contribution in [0.1, 0.15) is 24.0 Å². The van der Waals surface area contributed by atoms with Crippen LogP contribution in [-0.2, 0) is 29.4 Å². The van der Waals surface area contributed by atoms with E-state index >= 15 is 0 Å². The van der Waals surface area contributed by atoms with Crippen LogP contribution >= 0.6 is 11.6 Å². The maximum Gasteiger partial charge on any atom is 0.432 e. The van der Waals surface area contributed by atoms with Crippen molar-refractivity contribution in [3.8, 4) is 0 Å². The van der Waals surface area contributed by atoms with Crippen LogP contribution in [0.5, 0.6) is 0 Å². The van der Waals surface area contributed by atoms with Crippen molar-refractivity contribution >= 4 is 23.5 Å². The largest absolute Gasteiger partial charge is 0.465 e. The average molecular weight is 445 g/mol. The van der Waals surface area contributed by atoms with E-state index < -0.39 is 41.8 Å². The van der Waals surface area contributed by atoms with Crippen molar-refractivity contribution in [1.29, 1.82) is 0 Å². The van der Waals surface area contributed by atoms with Crippen LogP contribution in [0, 0.1) is 0 Å². The van der Waals surface area contributed by atoms with Crippen LogP contribution in [0.4, 0.5) is 13.2 Å². The van der Waals surface area contributed by atoms with Crippen LogP contribution in [0.25, 0.3) is 0 Å². The standard InChI is InChI=1S/C21H20ClF3O5/c1-3-29-18(26)17(14-9-11-16(22)12-10-14)13-30-19(27)20(28-2,21(23,24)25)15-7-5-4-6-8-15/h4-12,17H,3,13H2,1-2H3/t17-,20-/m1/s1. The second kappa shape index (κ2) is 9.95. The van der Waals surface area contributed by atoms with Gasteiger partial charge in [0.15, 0.2) is 0 Å². The second-order valence-electron chi connectivity index (χ2n) is 6.20. The molecule has 2 aromatic carbocycles. The predicted molar refractivity (Wildman–Crippen MR) is 103 cm³/mol. The van der Waals surface area contributed by atoms with Crippen molar-refractivity contribution in [2.45, 2.75) is 24.6 Å². The van der Waals surface area contributed by atoms with E-state index in [-0.39, 0.29) is 6.61 Å². The molecule has 0 radical (unpaired) electrons. The van der Waals surface area contributed by atoms with Gasteiger partial charge in [0, 0.05) is 17.7 Å².